The molecule has 104 valence electrons. The Morgan fingerprint density at radius 2 is 1.89 bits per heavy atom. The Bertz CT molecular complexity index is 550. The van der Waals surface area contributed by atoms with Gasteiger partial charge in [-0.25, -0.2) is 13.1 Å². The van der Waals surface area contributed by atoms with Crippen LogP contribution in [0.4, 0.5) is 0 Å². The third-order valence-electron chi connectivity index (χ3n) is 4.75. The molecule has 2 fully saturated rings. The topological polar surface area (TPSA) is 46.2 Å². The molecule has 3 nitrogen and oxygen atoms in total. The van der Waals surface area contributed by atoms with Crippen LogP contribution in [-0.2, 0) is 10.0 Å². The molecule has 3 atom stereocenters. The molecule has 0 spiro atoms. The van der Waals surface area contributed by atoms with Crippen LogP contribution >= 0.6 is 0 Å². The van der Waals surface area contributed by atoms with Crippen molar-refractivity contribution in [1.82, 2.24) is 4.72 Å². The summed E-state index contributed by atoms with van der Waals surface area (Å²) in [6, 6.07) is 7.04. The van der Waals surface area contributed by atoms with Crippen LogP contribution in [0.25, 0.3) is 0 Å². The smallest absolute Gasteiger partial charge is 0.211 e. The van der Waals surface area contributed by atoms with Gasteiger partial charge in [-0.2, -0.15) is 0 Å². The zero-order valence-corrected chi connectivity index (χ0v) is 12.1. The second-order valence-electron chi connectivity index (χ2n) is 6.10. The number of hydrogen-bond acceptors (Lipinski definition) is 2. The first kappa shape index (κ1) is 13.1. The van der Waals surface area contributed by atoms with Gasteiger partial charge in [-0.05, 0) is 56.1 Å². The monoisotopic (exact) mass is 279 g/mol. The Kier molecular flexibility index (Phi) is 3.39. The SMILES string of the molecule is Cc1ccc(S(=O)(=O)NC[C@H]2C[C@H]3CC[C@H]2C3)cc1. The standard InChI is InChI=1S/C15H21NO2S/c1-11-2-6-15(7-3-11)19(17,18)16-10-14-9-12-4-5-13(14)8-12/h2-3,6-7,12-14,16H,4-5,8-10H2,1H3/t12-,13-,14+/m0/s1. The summed E-state index contributed by atoms with van der Waals surface area (Å²) in [4.78, 5) is 0.376. The van der Waals surface area contributed by atoms with Crippen LogP contribution in [0.5, 0.6) is 0 Å². The van der Waals surface area contributed by atoms with E-state index in [1.54, 1.807) is 12.1 Å². The number of fused-ring (bicyclic) bond motifs is 2. The number of aryl methyl sites for hydroxylation is 1. The number of sulfonamides is 1. The number of nitrogens with one attached hydrogen (secondary N) is 1. The van der Waals surface area contributed by atoms with Gasteiger partial charge >= 0.3 is 0 Å². The number of rotatable bonds is 4. The van der Waals surface area contributed by atoms with Crippen LogP contribution in [0.1, 0.15) is 31.2 Å². The van der Waals surface area contributed by atoms with Crippen LogP contribution in [-0.4, -0.2) is 15.0 Å². The van der Waals surface area contributed by atoms with Crippen LogP contribution in [0, 0.1) is 24.7 Å². The lowest BCUT2D eigenvalue weighted by atomic mass is 9.89. The highest BCUT2D eigenvalue weighted by atomic mass is 32.2. The van der Waals surface area contributed by atoms with Crippen molar-refractivity contribution in [2.24, 2.45) is 17.8 Å². The second kappa shape index (κ2) is 4.91. The first-order valence-corrected chi connectivity index (χ1v) is 8.59. The molecule has 0 heterocycles. The van der Waals surface area contributed by atoms with Gasteiger partial charge in [0.15, 0.2) is 0 Å². The minimum atomic E-state index is -3.33. The summed E-state index contributed by atoms with van der Waals surface area (Å²) in [5.74, 6) is 2.17. The molecule has 2 saturated carbocycles. The summed E-state index contributed by atoms with van der Waals surface area (Å²) in [5.41, 5.74) is 1.08. The third kappa shape index (κ3) is 2.70. The number of hydrogen-bond donors (Lipinski definition) is 1. The lowest BCUT2D eigenvalue weighted by molar-refractivity contribution is 0.333. The van der Waals surface area contributed by atoms with Gasteiger partial charge in [0.05, 0.1) is 4.90 Å². The predicted octanol–water partition coefficient (Wildman–Crippen LogP) is 2.71. The molecular weight excluding hydrogens is 258 g/mol. The summed E-state index contributed by atoms with van der Waals surface area (Å²) in [5, 5.41) is 0. The molecular formula is C15H21NO2S. The fourth-order valence-electron chi connectivity index (χ4n) is 3.64. The maximum Gasteiger partial charge on any atom is 0.240 e. The average molecular weight is 279 g/mol. The molecule has 19 heavy (non-hydrogen) atoms. The fraction of sp³-hybridized carbons (Fsp3) is 0.600. The zero-order valence-electron chi connectivity index (χ0n) is 11.3. The van der Waals surface area contributed by atoms with Crippen molar-refractivity contribution in [3.05, 3.63) is 29.8 Å². The molecule has 0 saturated heterocycles. The first-order chi connectivity index (χ1) is 9.04. The molecule has 2 aliphatic carbocycles. The van der Waals surface area contributed by atoms with Gasteiger partial charge in [-0.1, -0.05) is 24.1 Å². The second-order valence-corrected chi connectivity index (χ2v) is 7.87. The summed E-state index contributed by atoms with van der Waals surface area (Å²) in [6.07, 6.45) is 5.17. The van der Waals surface area contributed by atoms with Crippen molar-refractivity contribution in [3.63, 3.8) is 0 Å². The van der Waals surface area contributed by atoms with Gasteiger partial charge in [0, 0.05) is 6.54 Å². The lowest BCUT2D eigenvalue weighted by Crippen LogP contribution is -2.31. The number of benzene rings is 1. The zero-order chi connectivity index (χ0) is 13.5. The highest BCUT2D eigenvalue weighted by Gasteiger charge is 2.39. The molecule has 1 aromatic carbocycles. The van der Waals surface area contributed by atoms with Crippen LogP contribution < -0.4 is 4.72 Å². The highest BCUT2D eigenvalue weighted by Crippen LogP contribution is 2.48. The molecule has 4 heteroatoms. The van der Waals surface area contributed by atoms with Crippen LogP contribution in [0.15, 0.2) is 29.2 Å². The van der Waals surface area contributed by atoms with Crippen molar-refractivity contribution < 1.29 is 8.42 Å². The van der Waals surface area contributed by atoms with E-state index in [2.05, 4.69) is 4.72 Å². The maximum atomic E-state index is 12.2. The highest BCUT2D eigenvalue weighted by molar-refractivity contribution is 7.89. The van der Waals surface area contributed by atoms with Gasteiger partial charge in [0.2, 0.25) is 10.0 Å². The van der Waals surface area contributed by atoms with Crippen molar-refractivity contribution in [2.75, 3.05) is 6.54 Å². The van der Waals surface area contributed by atoms with Gasteiger partial charge in [0.25, 0.3) is 0 Å². The van der Waals surface area contributed by atoms with E-state index in [0.29, 0.717) is 17.4 Å². The molecule has 2 bridgehead atoms. The minimum Gasteiger partial charge on any atom is -0.211 e. The van der Waals surface area contributed by atoms with E-state index in [4.69, 9.17) is 0 Å². The molecule has 0 aliphatic heterocycles. The Labute approximate surface area is 115 Å². The van der Waals surface area contributed by atoms with E-state index < -0.39 is 10.0 Å². The predicted molar refractivity (Wildman–Crippen MR) is 75.3 cm³/mol. The van der Waals surface area contributed by atoms with E-state index in [1.807, 2.05) is 19.1 Å². The lowest BCUT2D eigenvalue weighted by Gasteiger charge is -2.21. The Balaban J connectivity index is 1.64. The summed E-state index contributed by atoms with van der Waals surface area (Å²) >= 11 is 0. The van der Waals surface area contributed by atoms with Crippen LogP contribution in [0.2, 0.25) is 0 Å². The summed E-state index contributed by atoms with van der Waals surface area (Å²) in [7, 11) is -3.33. The molecule has 1 N–H and O–H groups in total. The van der Waals surface area contributed by atoms with E-state index in [9.17, 15) is 8.42 Å². The van der Waals surface area contributed by atoms with Crippen molar-refractivity contribution in [1.29, 1.82) is 0 Å². The van der Waals surface area contributed by atoms with E-state index in [0.717, 1.165) is 17.4 Å². The Morgan fingerprint density at radius 3 is 2.47 bits per heavy atom. The Hall–Kier alpha value is -0.870. The average Bonchev–Trinajstić information content (AvgIpc) is 2.99. The van der Waals surface area contributed by atoms with Crippen molar-refractivity contribution >= 4 is 10.0 Å². The molecule has 0 aromatic heterocycles. The molecule has 0 amide bonds. The van der Waals surface area contributed by atoms with Gasteiger partial charge in [-0.3, -0.25) is 0 Å². The third-order valence-corrected chi connectivity index (χ3v) is 6.19. The van der Waals surface area contributed by atoms with Crippen molar-refractivity contribution in [3.8, 4) is 0 Å². The minimum absolute atomic E-state index is 0.376. The van der Waals surface area contributed by atoms with E-state index in [-0.39, 0.29) is 0 Å². The van der Waals surface area contributed by atoms with Gasteiger partial charge in [-0.15, -0.1) is 0 Å². The summed E-state index contributed by atoms with van der Waals surface area (Å²) < 4.78 is 27.2. The van der Waals surface area contributed by atoms with Gasteiger partial charge < -0.3 is 0 Å². The normalized spacial score (nSPS) is 29.8. The summed E-state index contributed by atoms with van der Waals surface area (Å²) in [6.45, 7) is 2.57. The fourth-order valence-corrected chi connectivity index (χ4v) is 4.74. The Morgan fingerprint density at radius 1 is 1.16 bits per heavy atom. The van der Waals surface area contributed by atoms with Crippen molar-refractivity contribution in [2.45, 2.75) is 37.5 Å². The van der Waals surface area contributed by atoms with E-state index >= 15 is 0 Å². The quantitative estimate of drug-likeness (QED) is 0.921. The molecule has 1 aromatic rings. The molecule has 2 aliphatic rings. The van der Waals surface area contributed by atoms with Gasteiger partial charge in [0.1, 0.15) is 0 Å². The maximum absolute atomic E-state index is 12.2. The van der Waals surface area contributed by atoms with Crippen LogP contribution in [0.3, 0.4) is 0 Å². The first-order valence-electron chi connectivity index (χ1n) is 7.11. The largest absolute Gasteiger partial charge is 0.240 e. The molecule has 3 rings (SSSR count). The van der Waals surface area contributed by atoms with E-state index in [1.165, 1.54) is 25.7 Å². The molecule has 0 radical (unpaired) electrons. The molecule has 0 unspecified atom stereocenters.